The molecule has 1 unspecified atom stereocenters. The zero-order valence-corrected chi connectivity index (χ0v) is 7.69. The van der Waals surface area contributed by atoms with Crippen molar-refractivity contribution in [3.8, 4) is 0 Å². The maximum absolute atomic E-state index is 10.7. The lowest BCUT2D eigenvalue weighted by Crippen LogP contribution is -2.45. The molecular formula is C7H14ClNO2. The quantitative estimate of drug-likeness (QED) is 0.584. The highest BCUT2D eigenvalue weighted by atomic mass is 35.5. The molecule has 0 aromatic carbocycles. The summed E-state index contributed by atoms with van der Waals surface area (Å²) < 4.78 is 4.54. The third kappa shape index (κ3) is 2.67. The first-order chi connectivity index (χ1) is 4.74. The Balaban J connectivity index is 0.000001000. The molecule has 1 saturated heterocycles. The van der Waals surface area contributed by atoms with E-state index in [1.54, 1.807) is 0 Å². The third-order valence-electron chi connectivity index (χ3n) is 2.07. The van der Waals surface area contributed by atoms with Crippen LogP contribution in [0.15, 0.2) is 0 Å². The molecule has 0 amide bonds. The summed E-state index contributed by atoms with van der Waals surface area (Å²) in [5, 5.41) is 0. The van der Waals surface area contributed by atoms with Gasteiger partial charge in [0, 0.05) is 6.04 Å². The zero-order valence-electron chi connectivity index (χ0n) is 6.87. The van der Waals surface area contributed by atoms with Gasteiger partial charge >= 0.3 is 5.97 Å². The molecule has 0 aromatic rings. The normalized spacial score (nSPS) is 23.3. The highest BCUT2D eigenvalue weighted by Gasteiger charge is 2.26. The van der Waals surface area contributed by atoms with E-state index in [0.29, 0.717) is 12.5 Å². The van der Waals surface area contributed by atoms with Crippen molar-refractivity contribution in [2.24, 2.45) is 0 Å². The molecule has 1 atom stereocenters. The number of hydrogen-bond acceptors (Lipinski definition) is 3. The highest BCUT2D eigenvalue weighted by molar-refractivity contribution is 5.85. The smallest absolute Gasteiger partial charge is 0.307 e. The van der Waals surface area contributed by atoms with E-state index in [2.05, 4.69) is 9.64 Å². The summed E-state index contributed by atoms with van der Waals surface area (Å²) in [6.07, 6.45) is 1.68. The molecule has 1 aliphatic rings. The Morgan fingerprint density at radius 3 is 2.64 bits per heavy atom. The molecule has 3 nitrogen and oxygen atoms in total. The summed E-state index contributed by atoms with van der Waals surface area (Å²) in [4.78, 5) is 12.9. The molecule has 1 rings (SSSR count). The molecule has 1 fully saturated rings. The van der Waals surface area contributed by atoms with Gasteiger partial charge < -0.3 is 9.64 Å². The number of methoxy groups -OCH3 is 1. The molecule has 4 heteroatoms. The average molecular weight is 180 g/mol. The Labute approximate surface area is 73.1 Å². The second-order valence-electron chi connectivity index (χ2n) is 2.70. The SMILES string of the molecule is COC(=O)CC1CCN1C.Cl. The Morgan fingerprint density at radius 2 is 2.36 bits per heavy atom. The average Bonchev–Trinajstić information content (AvgIpc) is 1.96. The maximum atomic E-state index is 10.7. The predicted molar refractivity (Wildman–Crippen MR) is 44.9 cm³/mol. The summed E-state index contributed by atoms with van der Waals surface area (Å²) in [7, 11) is 3.46. The van der Waals surface area contributed by atoms with Gasteiger partial charge in [-0.3, -0.25) is 4.79 Å². The number of esters is 1. The van der Waals surface area contributed by atoms with Crippen LogP contribution in [0.3, 0.4) is 0 Å². The Morgan fingerprint density at radius 1 is 1.73 bits per heavy atom. The van der Waals surface area contributed by atoms with Crippen molar-refractivity contribution in [3.05, 3.63) is 0 Å². The van der Waals surface area contributed by atoms with Crippen LogP contribution in [0.5, 0.6) is 0 Å². The van der Waals surface area contributed by atoms with Crippen LogP contribution in [0.1, 0.15) is 12.8 Å². The first-order valence-electron chi connectivity index (χ1n) is 3.51. The molecule has 1 heterocycles. The summed E-state index contributed by atoms with van der Waals surface area (Å²) in [5.41, 5.74) is 0. The molecule has 0 radical (unpaired) electrons. The lowest BCUT2D eigenvalue weighted by atomic mass is 10.0. The Bertz CT molecular complexity index is 140. The minimum absolute atomic E-state index is 0. The lowest BCUT2D eigenvalue weighted by Gasteiger charge is -2.36. The molecule has 0 spiro atoms. The predicted octanol–water partition coefficient (Wildman–Crippen LogP) is 0.675. The van der Waals surface area contributed by atoms with Gasteiger partial charge in [0.2, 0.25) is 0 Å². The monoisotopic (exact) mass is 179 g/mol. The van der Waals surface area contributed by atoms with E-state index in [0.717, 1.165) is 13.0 Å². The van der Waals surface area contributed by atoms with Crippen LogP contribution in [0.2, 0.25) is 0 Å². The number of ether oxygens (including phenoxy) is 1. The topological polar surface area (TPSA) is 29.5 Å². The van der Waals surface area contributed by atoms with Crippen LogP contribution in [0.4, 0.5) is 0 Å². The van der Waals surface area contributed by atoms with Gasteiger partial charge in [-0.1, -0.05) is 0 Å². The molecule has 0 aromatic heterocycles. The number of carbonyl (C=O) groups is 1. The van der Waals surface area contributed by atoms with Crippen molar-refractivity contribution in [1.82, 2.24) is 4.90 Å². The standard InChI is InChI=1S/C7H13NO2.ClH/c1-8-4-3-6(8)5-7(9)10-2;/h6H,3-5H2,1-2H3;1H. The molecule has 0 aliphatic carbocycles. The maximum Gasteiger partial charge on any atom is 0.307 e. The molecule has 66 valence electrons. The van der Waals surface area contributed by atoms with Gasteiger partial charge in [0.1, 0.15) is 0 Å². The lowest BCUT2D eigenvalue weighted by molar-refractivity contribution is -0.143. The number of nitrogens with zero attached hydrogens (tertiary/aromatic N) is 1. The number of halogens is 1. The molecule has 11 heavy (non-hydrogen) atoms. The molecule has 0 N–H and O–H groups in total. The molecule has 0 bridgehead atoms. The summed E-state index contributed by atoms with van der Waals surface area (Å²) in [6.45, 7) is 1.11. The van der Waals surface area contributed by atoms with Crippen LogP contribution >= 0.6 is 12.4 Å². The zero-order chi connectivity index (χ0) is 7.56. The van der Waals surface area contributed by atoms with Crippen molar-refractivity contribution >= 4 is 18.4 Å². The van der Waals surface area contributed by atoms with Crippen molar-refractivity contribution in [1.29, 1.82) is 0 Å². The minimum atomic E-state index is -0.100. The largest absolute Gasteiger partial charge is 0.469 e. The van der Waals surface area contributed by atoms with E-state index >= 15 is 0 Å². The molecular weight excluding hydrogens is 166 g/mol. The fourth-order valence-corrected chi connectivity index (χ4v) is 1.10. The molecule has 1 aliphatic heterocycles. The van der Waals surface area contributed by atoms with Gasteiger partial charge in [-0.05, 0) is 20.0 Å². The van der Waals surface area contributed by atoms with Crippen LogP contribution in [0.25, 0.3) is 0 Å². The van der Waals surface area contributed by atoms with E-state index in [9.17, 15) is 4.79 Å². The van der Waals surface area contributed by atoms with Crippen LogP contribution in [-0.2, 0) is 9.53 Å². The molecule has 0 saturated carbocycles. The highest BCUT2D eigenvalue weighted by Crippen LogP contribution is 2.17. The van der Waals surface area contributed by atoms with Crippen molar-refractivity contribution in [2.45, 2.75) is 18.9 Å². The van der Waals surface area contributed by atoms with Gasteiger partial charge in [-0.25, -0.2) is 0 Å². The van der Waals surface area contributed by atoms with E-state index < -0.39 is 0 Å². The van der Waals surface area contributed by atoms with E-state index in [-0.39, 0.29) is 18.4 Å². The first-order valence-corrected chi connectivity index (χ1v) is 3.51. The first kappa shape index (κ1) is 10.7. The summed E-state index contributed by atoms with van der Waals surface area (Å²) in [5.74, 6) is -0.100. The van der Waals surface area contributed by atoms with Gasteiger partial charge in [0.25, 0.3) is 0 Å². The fraction of sp³-hybridized carbons (Fsp3) is 0.857. The van der Waals surface area contributed by atoms with Gasteiger partial charge in [0.05, 0.1) is 13.5 Å². The van der Waals surface area contributed by atoms with Crippen LogP contribution in [-0.4, -0.2) is 37.6 Å². The summed E-state index contributed by atoms with van der Waals surface area (Å²) >= 11 is 0. The second-order valence-corrected chi connectivity index (χ2v) is 2.70. The van der Waals surface area contributed by atoms with Crippen LogP contribution < -0.4 is 0 Å². The Hall–Kier alpha value is -0.280. The van der Waals surface area contributed by atoms with E-state index in [1.807, 2.05) is 7.05 Å². The number of carbonyl (C=O) groups excluding carboxylic acids is 1. The van der Waals surface area contributed by atoms with Gasteiger partial charge in [-0.2, -0.15) is 0 Å². The second kappa shape index (κ2) is 4.57. The van der Waals surface area contributed by atoms with Crippen LogP contribution in [0, 0.1) is 0 Å². The van der Waals surface area contributed by atoms with Crippen molar-refractivity contribution < 1.29 is 9.53 Å². The minimum Gasteiger partial charge on any atom is -0.469 e. The Kier molecular flexibility index (Phi) is 4.45. The van der Waals surface area contributed by atoms with E-state index in [1.165, 1.54) is 7.11 Å². The number of likely N-dealkylation sites (tertiary alicyclic amines) is 1. The summed E-state index contributed by atoms with van der Waals surface area (Å²) in [6, 6.07) is 0.437. The van der Waals surface area contributed by atoms with E-state index in [4.69, 9.17) is 0 Å². The van der Waals surface area contributed by atoms with Crippen molar-refractivity contribution in [3.63, 3.8) is 0 Å². The number of rotatable bonds is 2. The van der Waals surface area contributed by atoms with Crippen molar-refractivity contribution in [2.75, 3.05) is 20.7 Å². The fourth-order valence-electron chi connectivity index (χ4n) is 1.10. The van der Waals surface area contributed by atoms with Gasteiger partial charge in [0.15, 0.2) is 0 Å². The number of hydrogen-bond donors (Lipinski definition) is 0. The third-order valence-corrected chi connectivity index (χ3v) is 2.07. The van der Waals surface area contributed by atoms with Gasteiger partial charge in [-0.15, -0.1) is 12.4 Å².